The summed E-state index contributed by atoms with van der Waals surface area (Å²) in [6, 6.07) is 10.6. The van der Waals surface area contributed by atoms with Crippen molar-refractivity contribution in [1.29, 1.82) is 0 Å². The van der Waals surface area contributed by atoms with E-state index < -0.39 is 5.97 Å². The topological polar surface area (TPSA) is 66.8 Å². The van der Waals surface area contributed by atoms with Crippen LogP contribution in [0.2, 0.25) is 0 Å². The molecule has 0 radical (unpaired) electrons. The highest BCUT2D eigenvalue weighted by Gasteiger charge is 2.12. The van der Waals surface area contributed by atoms with Gasteiger partial charge in [-0.25, -0.2) is 4.79 Å². The van der Waals surface area contributed by atoms with Crippen molar-refractivity contribution in [3.63, 3.8) is 0 Å². The highest BCUT2D eigenvalue weighted by atomic mass is 16.5. The average molecular weight is 300 g/mol. The van der Waals surface area contributed by atoms with E-state index in [0.717, 1.165) is 22.3 Å². The van der Waals surface area contributed by atoms with Gasteiger partial charge in [-0.15, -0.1) is 0 Å². The Bertz CT molecular complexity index is 689. The van der Waals surface area contributed by atoms with Crippen LogP contribution < -0.4 is 4.74 Å². The molecule has 0 spiro atoms. The van der Waals surface area contributed by atoms with Gasteiger partial charge < -0.3 is 14.9 Å². The summed E-state index contributed by atoms with van der Waals surface area (Å²) in [5.74, 6) is -0.498. The molecule has 0 unspecified atom stereocenters. The fourth-order valence-electron chi connectivity index (χ4n) is 2.35. The van der Waals surface area contributed by atoms with Crippen LogP contribution in [0.25, 0.3) is 11.1 Å². The first kappa shape index (κ1) is 16.0. The van der Waals surface area contributed by atoms with Gasteiger partial charge in [0.2, 0.25) is 0 Å². The maximum Gasteiger partial charge on any atom is 0.335 e. The van der Waals surface area contributed by atoms with E-state index in [2.05, 4.69) is 0 Å². The predicted octanol–water partition coefficient (Wildman–Crippen LogP) is 3.64. The molecule has 116 valence electrons. The molecule has 4 nitrogen and oxygen atoms in total. The normalized spacial score (nSPS) is 10.8. The number of rotatable bonds is 5. The van der Waals surface area contributed by atoms with Crippen LogP contribution in [0.15, 0.2) is 36.4 Å². The number of ether oxygens (including phenoxy) is 1. The van der Waals surface area contributed by atoms with Crippen LogP contribution in [-0.4, -0.2) is 22.3 Å². The number of hydrogen-bond donors (Lipinski definition) is 2. The van der Waals surface area contributed by atoms with Gasteiger partial charge in [0.25, 0.3) is 0 Å². The molecule has 0 amide bonds. The van der Waals surface area contributed by atoms with Gasteiger partial charge in [0.15, 0.2) is 0 Å². The first-order chi connectivity index (χ1) is 10.4. The molecule has 22 heavy (non-hydrogen) atoms. The van der Waals surface area contributed by atoms with Crippen LogP contribution >= 0.6 is 0 Å². The smallest absolute Gasteiger partial charge is 0.335 e. The molecule has 4 heteroatoms. The number of carboxylic acids is 1. The minimum Gasteiger partial charge on any atom is -0.491 e. The third-order valence-electron chi connectivity index (χ3n) is 3.27. The summed E-state index contributed by atoms with van der Waals surface area (Å²) < 4.78 is 5.64. The number of hydrogen-bond acceptors (Lipinski definition) is 3. The van der Waals surface area contributed by atoms with Crippen LogP contribution in [-0.2, 0) is 6.61 Å². The van der Waals surface area contributed by atoms with E-state index in [-0.39, 0.29) is 18.3 Å². The fraction of sp³-hybridized carbons (Fsp3) is 0.278. The van der Waals surface area contributed by atoms with Gasteiger partial charge in [-0.2, -0.15) is 0 Å². The molecule has 0 aliphatic rings. The largest absolute Gasteiger partial charge is 0.491 e. The average Bonchev–Trinajstić information content (AvgIpc) is 2.45. The van der Waals surface area contributed by atoms with Crippen molar-refractivity contribution in [3.8, 4) is 16.9 Å². The Morgan fingerprint density at radius 3 is 2.50 bits per heavy atom. The third kappa shape index (κ3) is 3.65. The van der Waals surface area contributed by atoms with E-state index in [9.17, 15) is 15.0 Å². The molecular formula is C18H20O4. The molecule has 0 saturated heterocycles. The Morgan fingerprint density at radius 2 is 1.91 bits per heavy atom. The maximum absolute atomic E-state index is 11.3. The second-order valence-corrected chi connectivity index (χ2v) is 5.54. The zero-order valence-corrected chi connectivity index (χ0v) is 13.0. The Balaban J connectivity index is 2.58. The van der Waals surface area contributed by atoms with Crippen LogP contribution in [0, 0.1) is 6.92 Å². The lowest BCUT2D eigenvalue weighted by atomic mass is 9.96. The van der Waals surface area contributed by atoms with Gasteiger partial charge in [0.1, 0.15) is 5.75 Å². The van der Waals surface area contributed by atoms with Crippen molar-refractivity contribution >= 4 is 5.97 Å². The summed E-state index contributed by atoms with van der Waals surface area (Å²) in [7, 11) is 0. The molecule has 0 atom stereocenters. The molecule has 0 heterocycles. The van der Waals surface area contributed by atoms with Crippen LogP contribution in [0.1, 0.15) is 35.3 Å². The van der Waals surface area contributed by atoms with Crippen molar-refractivity contribution in [3.05, 3.63) is 53.1 Å². The molecule has 2 rings (SSSR count). The van der Waals surface area contributed by atoms with Crippen LogP contribution in [0.3, 0.4) is 0 Å². The number of aryl methyl sites for hydroxylation is 1. The molecule has 0 aliphatic heterocycles. The summed E-state index contributed by atoms with van der Waals surface area (Å²) >= 11 is 0. The number of aromatic carboxylic acids is 1. The molecule has 2 aromatic carbocycles. The van der Waals surface area contributed by atoms with Crippen molar-refractivity contribution in [2.24, 2.45) is 0 Å². The highest BCUT2D eigenvalue weighted by Crippen LogP contribution is 2.30. The summed E-state index contributed by atoms with van der Waals surface area (Å²) in [6.45, 7) is 5.62. The van der Waals surface area contributed by atoms with E-state index in [0.29, 0.717) is 5.75 Å². The third-order valence-corrected chi connectivity index (χ3v) is 3.27. The molecule has 0 aliphatic carbocycles. The van der Waals surface area contributed by atoms with Crippen molar-refractivity contribution < 1.29 is 19.7 Å². The lowest BCUT2D eigenvalue weighted by Crippen LogP contribution is -2.07. The first-order valence-electron chi connectivity index (χ1n) is 7.16. The molecule has 0 aromatic heterocycles. The molecular weight excluding hydrogens is 280 g/mol. The van der Waals surface area contributed by atoms with Crippen molar-refractivity contribution in [2.45, 2.75) is 33.5 Å². The number of carboxylic acid groups (broad SMARTS) is 1. The Hall–Kier alpha value is -2.33. The maximum atomic E-state index is 11.3. The second kappa shape index (κ2) is 6.62. The van der Waals surface area contributed by atoms with Gasteiger partial charge in [-0.1, -0.05) is 23.8 Å². The minimum atomic E-state index is -1.01. The lowest BCUT2D eigenvalue weighted by molar-refractivity contribution is 0.0696. The van der Waals surface area contributed by atoms with Gasteiger partial charge >= 0.3 is 5.97 Å². The van der Waals surface area contributed by atoms with Crippen molar-refractivity contribution in [2.75, 3.05) is 0 Å². The number of aliphatic hydroxyl groups is 1. The minimum absolute atomic E-state index is 0.0489. The van der Waals surface area contributed by atoms with E-state index in [1.165, 1.54) is 6.07 Å². The summed E-state index contributed by atoms with van der Waals surface area (Å²) in [4.78, 5) is 11.3. The number of carbonyl (C=O) groups is 1. The van der Waals surface area contributed by atoms with E-state index in [4.69, 9.17) is 4.74 Å². The Morgan fingerprint density at radius 1 is 1.18 bits per heavy atom. The fourth-order valence-corrected chi connectivity index (χ4v) is 2.35. The van der Waals surface area contributed by atoms with Crippen LogP contribution in [0.5, 0.6) is 5.75 Å². The van der Waals surface area contributed by atoms with Crippen molar-refractivity contribution in [1.82, 2.24) is 0 Å². The Labute approximate surface area is 130 Å². The standard InChI is InChI=1S/C18H20O4/c1-11(2)22-16-8-13(7-14(9-16)18(20)21)17-5-4-12(3)6-15(17)10-19/h4-9,11,19H,10H2,1-3H3,(H,20,21). The van der Waals surface area contributed by atoms with Gasteiger partial charge in [-0.05, 0) is 55.7 Å². The summed E-state index contributed by atoms with van der Waals surface area (Å²) in [6.07, 6.45) is -0.0489. The molecule has 0 saturated carbocycles. The van der Waals surface area contributed by atoms with Gasteiger partial charge in [0, 0.05) is 0 Å². The van der Waals surface area contributed by atoms with E-state index >= 15 is 0 Å². The summed E-state index contributed by atoms with van der Waals surface area (Å²) in [5.41, 5.74) is 3.50. The molecule has 2 aromatic rings. The molecule has 0 bridgehead atoms. The second-order valence-electron chi connectivity index (χ2n) is 5.54. The molecule has 2 N–H and O–H groups in total. The SMILES string of the molecule is Cc1ccc(-c2cc(OC(C)C)cc(C(=O)O)c2)c(CO)c1. The first-order valence-corrected chi connectivity index (χ1v) is 7.16. The number of benzene rings is 2. The lowest BCUT2D eigenvalue weighted by Gasteiger charge is -2.14. The monoisotopic (exact) mass is 300 g/mol. The Kier molecular flexibility index (Phi) is 4.83. The predicted molar refractivity (Wildman–Crippen MR) is 85.3 cm³/mol. The van der Waals surface area contributed by atoms with E-state index in [1.54, 1.807) is 12.1 Å². The summed E-state index contributed by atoms with van der Waals surface area (Å²) in [5, 5.41) is 18.8. The molecule has 0 fully saturated rings. The number of aliphatic hydroxyl groups excluding tert-OH is 1. The van der Waals surface area contributed by atoms with E-state index in [1.807, 2.05) is 39.0 Å². The van der Waals surface area contributed by atoms with Gasteiger partial charge in [0.05, 0.1) is 18.3 Å². The highest BCUT2D eigenvalue weighted by molar-refractivity contribution is 5.90. The van der Waals surface area contributed by atoms with Crippen LogP contribution in [0.4, 0.5) is 0 Å². The zero-order chi connectivity index (χ0) is 16.3. The quantitative estimate of drug-likeness (QED) is 0.884. The van der Waals surface area contributed by atoms with Gasteiger partial charge in [-0.3, -0.25) is 0 Å². The zero-order valence-electron chi connectivity index (χ0n) is 13.0.